The zero-order chi connectivity index (χ0) is 20.4. The standard InChI is InChI=1S/C21H27N5O3/c1-25-13-15(11-22-25)16-4-5-18(29-3)17-10-19(23-20(16)17)24-21(27)26-8-6-14(12-26)7-9-28-2/h4-5,11,13-14H,6-10,12H2,1-3H3,(H,23,24,27)/t14-/m1/s1. The van der Waals surface area contributed by atoms with Crippen LogP contribution in [-0.4, -0.2) is 60.5 Å². The van der Waals surface area contributed by atoms with Crippen LogP contribution < -0.4 is 10.1 Å². The number of carbonyl (C=O) groups is 1. The number of likely N-dealkylation sites (tertiary alicyclic amines) is 1. The van der Waals surface area contributed by atoms with Gasteiger partial charge in [-0.1, -0.05) is 0 Å². The molecule has 3 heterocycles. The van der Waals surface area contributed by atoms with E-state index >= 15 is 0 Å². The van der Waals surface area contributed by atoms with Gasteiger partial charge in [-0.15, -0.1) is 0 Å². The van der Waals surface area contributed by atoms with Crippen molar-refractivity contribution in [3.63, 3.8) is 0 Å². The lowest BCUT2D eigenvalue weighted by Crippen LogP contribution is -2.41. The molecular weight excluding hydrogens is 370 g/mol. The summed E-state index contributed by atoms with van der Waals surface area (Å²) >= 11 is 0. The van der Waals surface area contributed by atoms with Crippen LogP contribution in [0.5, 0.6) is 5.75 Å². The van der Waals surface area contributed by atoms with E-state index in [0.29, 0.717) is 18.2 Å². The van der Waals surface area contributed by atoms with Gasteiger partial charge in [0, 0.05) is 63.2 Å². The Labute approximate surface area is 170 Å². The zero-order valence-electron chi connectivity index (χ0n) is 17.1. The molecule has 1 fully saturated rings. The van der Waals surface area contributed by atoms with Crippen molar-refractivity contribution in [2.45, 2.75) is 19.3 Å². The number of benzene rings is 1. The Morgan fingerprint density at radius 1 is 1.34 bits per heavy atom. The number of rotatable bonds is 5. The number of aryl methyl sites for hydroxylation is 1. The molecule has 0 radical (unpaired) electrons. The van der Waals surface area contributed by atoms with Crippen LogP contribution in [-0.2, 0) is 18.2 Å². The molecule has 0 unspecified atom stereocenters. The van der Waals surface area contributed by atoms with E-state index in [1.54, 1.807) is 18.9 Å². The minimum absolute atomic E-state index is 0.0848. The number of ether oxygens (including phenoxy) is 2. The monoisotopic (exact) mass is 397 g/mol. The third-order valence-electron chi connectivity index (χ3n) is 5.62. The van der Waals surface area contributed by atoms with E-state index in [1.807, 2.05) is 36.5 Å². The van der Waals surface area contributed by atoms with Crippen molar-refractivity contribution in [2.75, 3.05) is 33.9 Å². The molecule has 1 atom stereocenters. The number of nitrogens with one attached hydrogen (secondary N) is 1. The summed E-state index contributed by atoms with van der Waals surface area (Å²) in [6, 6.07) is 3.85. The minimum Gasteiger partial charge on any atom is -0.496 e. The fraction of sp³-hybridized carbons (Fsp3) is 0.476. The Hall–Kier alpha value is -2.87. The van der Waals surface area contributed by atoms with Crippen LogP contribution in [0.4, 0.5) is 10.5 Å². The van der Waals surface area contributed by atoms with Crippen molar-refractivity contribution in [3.05, 3.63) is 30.1 Å². The van der Waals surface area contributed by atoms with Gasteiger partial charge in [-0.05, 0) is 30.9 Å². The number of urea groups is 1. The molecule has 4 rings (SSSR count). The molecule has 0 saturated carbocycles. The second kappa shape index (κ2) is 8.24. The normalized spacial score (nSPS) is 18.0. The maximum absolute atomic E-state index is 12.7. The highest BCUT2D eigenvalue weighted by atomic mass is 16.5. The summed E-state index contributed by atoms with van der Waals surface area (Å²) in [6.45, 7) is 2.27. The molecule has 1 aromatic heterocycles. The lowest BCUT2D eigenvalue weighted by molar-refractivity contribution is 0.176. The topological polar surface area (TPSA) is 81.0 Å². The highest BCUT2D eigenvalue weighted by molar-refractivity contribution is 6.04. The van der Waals surface area contributed by atoms with E-state index in [2.05, 4.69) is 10.4 Å². The summed E-state index contributed by atoms with van der Waals surface area (Å²) < 4.78 is 12.5. The molecule has 0 aliphatic carbocycles. The Bertz CT molecular complexity index is 936. The molecule has 8 nitrogen and oxygen atoms in total. The largest absolute Gasteiger partial charge is 0.496 e. The molecule has 0 bridgehead atoms. The van der Waals surface area contributed by atoms with Gasteiger partial charge in [0.25, 0.3) is 0 Å². The van der Waals surface area contributed by atoms with Crippen LogP contribution >= 0.6 is 0 Å². The van der Waals surface area contributed by atoms with Gasteiger partial charge in [-0.25, -0.2) is 9.79 Å². The van der Waals surface area contributed by atoms with Crippen LogP contribution in [0.2, 0.25) is 0 Å². The molecule has 154 valence electrons. The number of hydrogen-bond acceptors (Lipinski definition) is 5. The van der Waals surface area contributed by atoms with Crippen molar-refractivity contribution in [2.24, 2.45) is 18.0 Å². The second-order valence-electron chi connectivity index (χ2n) is 7.59. The number of nitrogens with zero attached hydrogens (tertiary/aromatic N) is 4. The Morgan fingerprint density at radius 2 is 2.21 bits per heavy atom. The number of amides is 2. The number of methoxy groups -OCH3 is 2. The van der Waals surface area contributed by atoms with Crippen molar-refractivity contribution < 1.29 is 14.3 Å². The van der Waals surface area contributed by atoms with Crippen LogP contribution in [0, 0.1) is 5.92 Å². The van der Waals surface area contributed by atoms with Crippen LogP contribution in [0.1, 0.15) is 18.4 Å². The molecule has 2 aliphatic heterocycles. The molecule has 2 aliphatic rings. The Kier molecular flexibility index (Phi) is 5.53. The third kappa shape index (κ3) is 3.98. The lowest BCUT2D eigenvalue weighted by atomic mass is 10.0. The average molecular weight is 397 g/mol. The predicted molar refractivity (Wildman–Crippen MR) is 111 cm³/mol. The van der Waals surface area contributed by atoms with Crippen LogP contribution in [0.3, 0.4) is 0 Å². The van der Waals surface area contributed by atoms with Crippen molar-refractivity contribution in [1.29, 1.82) is 0 Å². The van der Waals surface area contributed by atoms with Gasteiger partial charge in [-0.2, -0.15) is 5.10 Å². The van der Waals surface area contributed by atoms with E-state index in [-0.39, 0.29) is 6.03 Å². The summed E-state index contributed by atoms with van der Waals surface area (Å²) in [7, 11) is 5.25. The van der Waals surface area contributed by atoms with Gasteiger partial charge in [0.05, 0.1) is 19.0 Å². The van der Waals surface area contributed by atoms with E-state index < -0.39 is 0 Å². The van der Waals surface area contributed by atoms with Gasteiger partial charge < -0.3 is 14.4 Å². The first-order chi connectivity index (χ1) is 14.1. The van der Waals surface area contributed by atoms with Gasteiger partial charge in [0.1, 0.15) is 11.6 Å². The van der Waals surface area contributed by atoms with E-state index in [4.69, 9.17) is 14.5 Å². The third-order valence-corrected chi connectivity index (χ3v) is 5.62. The first-order valence-electron chi connectivity index (χ1n) is 9.90. The number of aromatic nitrogens is 2. The molecule has 1 saturated heterocycles. The molecule has 1 N–H and O–H groups in total. The van der Waals surface area contributed by atoms with Gasteiger partial charge >= 0.3 is 6.03 Å². The van der Waals surface area contributed by atoms with Gasteiger partial charge in [0.15, 0.2) is 0 Å². The maximum atomic E-state index is 12.7. The SMILES string of the molecule is COCC[C@H]1CCN(C(=O)NC2=Nc3c(-c4cnn(C)c4)ccc(OC)c3C2)C1. The average Bonchev–Trinajstić information content (AvgIpc) is 3.44. The minimum atomic E-state index is -0.0848. The summed E-state index contributed by atoms with van der Waals surface area (Å²) in [5, 5.41) is 7.27. The Morgan fingerprint density at radius 3 is 2.93 bits per heavy atom. The fourth-order valence-corrected chi connectivity index (χ4v) is 4.05. The molecule has 0 spiro atoms. The molecule has 1 aromatic carbocycles. The molecular formula is C21H27N5O3. The number of carbonyl (C=O) groups excluding carboxylic acids is 1. The maximum Gasteiger partial charge on any atom is 0.322 e. The van der Waals surface area contributed by atoms with E-state index in [9.17, 15) is 4.79 Å². The smallest absolute Gasteiger partial charge is 0.322 e. The van der Waals surface area contributed by atoms with Crippen LogP contribution in [0.15, 0.2) is 29.5 Å². The molecule has 2 aromatic rings. The van der Waals surface area contributed by atoms with E-state index in [0.717, 1.165) is 60.7 Å². The summed E-state index contributed by atoms with van der Waals surface area (Å²) in [6.07, 6.45) is 6.32. The molecule has 29 heavy (non-hydrogen) atoms. The summed E-state index contributed by atoms with van der Waals surface area (Å²) in [4.78, 5) is 19.4. The second-order valence-corrected chi connectivity index (χ2v) is 7.59. The number of aliphatic imine (C=N–C) groups is 1. The molecule has 8 heteroatoms. The Balaban J connectivity index is 1.50. The van der Waals surface area contributed by atoms with E-state index in [1.165, 1.54) is 0 Å². The number of fused-ring (bicyclic) bond motifs is 1. The van der Waals surface area contributed by atoms with Crippen molar-refractivity contribution in [3.8, 4) is 16.9 Å². The molecule has 2 amide bonds. The lowest BCUT2D eigenvalue weighted by Gasteiger charge is -2.17. The number of amidine groups is 1. The number of hydrogen-bond donors (Lipinski definition) is 1. The van der Waals surface area contributed by atoms with Crippen molar-refractivity contribution in [1.82, 2.24) is 20.0 Å². The van der Waals surface area contributed by atoms with Gasteiger partial charge in [0.2, 0.25) is 0 Å². The highest BCUT2D eigenvalue weighted by Crippen LogP contribution is 2.42. The first kappa shape index (κ1) is 19.4. The van der Waals surface area contributed by atoms with Gasteiger partial charge in [-0.3, -0.25) is 10.00 Å². The summed E-state index contributed by atoms with van der Waals surface area (Å²) in [5.74, 6) is 1.93. The predicted octanol–water partition coefficient (Wildman–Crippen LogP) is 2.75. The van der Waals surface area contributed by atoms with Crippen molar-refractivity contribution >= 4 is 17.6 Å². The quantitative estimate of drug-likeness (QED) is 0.841. The first-order valence-corrected chi connectivity index (χ1v) is 9.90. The highest BCUT2D eigenvalue weighted by Gasteiger charge is 2.29. The van der Waals surface area contributed by atoms with Crippen LogP contribution in [0.25, 0.3) is 11.1 Å². The zero-order valence-corrected chi connectivity index (χ0v) is 17.1. The fourth-order valence-electron chi connectivity index (χ4n) is 4.05. The summed E-state index contributed by atoms with van der Waals surface area (Å²) in [5.41, 5.74) is 3.80.